The Labute approximate surface area is 164 Å². The first-order valence-electron chi connectivity index (χ1n) is 9.34. The van der Waals surface area contributed by atoms with Crippen molar-refractivity contribution in [1.82, 2.24) is 5.32 Å². The molecule has 0 aromatic heterocycles. The van der Waals surface area contributed by atoms with Gasteiger partial charge in [0.2, 0.25) is 0 Å². The standard InChI is InChI=1S/C20H29NO3S2/c1-17(22)7-5-15-25-26-16-6-10-19(23)24-20(11-13-21-14-12-20)18-8-3-2-4-9-18/h2-4,8-9,21H,5-7,10-16H2,1H3. The summed E-state index contributed by atoms with van der Waals surface area (Å²) < 4.78 is 6.00. The Balaban J connectivity index is 1.70. The number of ether oxygens (including phenoxy) is 1. The van der Waals surface area contributed by atoms with Crippen molar-refractivity contribution in [2.24, 2.45) is 0 Å². The van der Waals surface area contributed by atoms with Gasteiger partial charge in [-0.25, -0.2) is 0 Å². The lowest BCUT2D eigenvalue weighted by molar-refractivity contribution is -0.164. The Morgan fingerprint density at radius 3 is 2.27 bits per heavy atom. The van der Waals surface area contributed by atoms with Crippen molar-refractivity contribution in [3.05, 3.63) is 35.9 Å². The number of hydrogen-bond donors (Lipinski definition) is 1. The van der Waals surface area contributed by atoms with Crippen molar-refractivity contribution >= 4 is 33.3 Å². The van der Waals surface area contributed by atoms with Crippen LogP contribution in [0, 0.1) is 0 Å². The van der Waals surface area contributed by atoms with Crippen LogP contribution in [-0.4, -0.2) is 36.3 Å². The molecule has 26 heavy (non-hydrogen) atoms. The van der Waals surface area contributed by atoms with E-state index >= 15 is 0 Å². The molecular formula is C20H29NO3S2. The fraction of sp³-hybridized carbons (Fsp3) is 0.600. The molecule has 1 saturated heterocycles. The molecule has 0 bridgehead atoms. The number of benzene rings is 1. The molecule has 144 valence electrons. The molecule has 1 aromatic carbocycles. The highest BCUT2D eigenvalue weighted by Gasteiger charge is 2.37. The second kappa shape index (κ2) is 11.7. The summed E-state index contributed by atoms with van der Waals surface area (Å²) in [5, 5.41) is 3.35. The van der Waals surface area contributed by atoms with Gasteiger partial charge in [-0.05, 0) is 38.4 Å². The molecule has 0 spiro atoms. The monoisotopic (exact) mass is 395 g/mol. The van der Waals surface area contributed by atoms with Crippen molar-refractivity contribution in [1.29, 1.82) is 0 Å². The molecular weight excluding hydrogens is 366 g/mol. The summed E-state index contributed by atoms with van der Waals surface area (Å²) in [6.07, 6.45) is 4.53. The molecule has 0 unspecified atom stereocenters. The first kappa shape index (κ1) is 21.3. The van der Waals surface area contributed by atoms with Gasteiger partial charge in [-0.15, -0.1) is 0 Å². The number of ketones is 1. The van der Waals surface area contributed by atoms with Gasteiger partial charge >= 0.3 is 5.97 Å². The second-order valence-corrected chi connectivity index (χ2v) is 9.34. The van der Waals surface area contributed by atoms with Crippen molar-refractivity contribution < 1.29 is 14.3 Å². The van der Waals surface area contributed by atoms with E-state index in [0.717, 1.165) is 55.8 Å². The Morgan fingerprint density at radius 1 is 1.04 bits per heavy atom. The highest BCUT2D eigenvalue weighted by atomic mass is 33.1. The summed E-state index contributed by atoms with van der Waals surface area (Å²) in [7, 11) is 3.56. The lowest BCUT2D eigenvalue weighted by Crippen LogP contribution is -2.43. The quantitative estimate of drug-likeness (QED) is 0.342. The number of esters is 1. The molecule has 1 aliphatic heterocycles. The molecule has 0 aliphatic carbocycles. The molecule has 0 saturated carbocycles. The molecule has 1 aromatic rings. The second-order valence-electron chi connectivity index (χ2n) is 6.64. The maximum atomic E-state index is 12.4. The van der Waals surface area contributed by atoms with E-state index in [0.29, 0.717) is 12.8 Å². The molecule has 1 N–H and O–H groups in total. The van der Waals surface area contributed by atoms with Crippen molar-refractivity contribution in [3.63, 3.8) is 0 Å². The number of piperidine rings is 1. The molecule has 1 fully saturated rings. The van der Waals surface area contributed by atoms with Gasteiger partial charge in [0.05, 0.1) is 0 Å². The van der Waals surface area contributed by atoms with Crippen LogP contribution < -0.4 is 5.32 Å². The van der Waals surface area contributed by atoms with Crippen LogP contribution in [0.1, 0.15) is 51.0 Å². The van der Waals surface area contributed by atoms with E-state index in [1.807, 2.05) is 18.2 Å². The van der Waals surface area contributed by atoms with Gasteiger partial charge in [0.1, 0.15) is 11.4 Å². The van der Waals surface area contributed by atoms with E-state index in [9.17, 15) is 9.59 Å². The average molecular weight is 396 g/mol. The van der Waals surface area contributed by atoms with Crippen LogP contribution in [0.25, 0.3) is 0 Å². The highest BCUT2D eigenvalue weighted by molar-refractivity contribution is 8.76. The minimum atomic E-state index is -0.474. The van der Waals surface area contributed by atoms with E-state index in [2.05, 4.69) is 17.4 Å². The maximum Gasteiger partial charge on any atom is 0.306 e. The molecule has 6 heteroatoms. The Kier molecular flexibility index (Phi) is 9.57. The van der Waals surface area contributed by atoms with Gasteiger partial charge in [-0.3, -0.25) is 4.79 Å². The van der Waals surface area contributed by atoms with Crippen molar-refractivity contribution in [3.8, 4) is 0 Å². The van der Waals surface area contributed by atoms with Crippen LogP contribution in [0.2, 0.25) is 0 Å². The SMILES string of the molecule is CC(=O)CCCSSCCCC(=O)OC1(c2ccccc2)CCNCC1. The Morgan fingerprint density at radius 2 is 1.65 bits per heavy atom. The lowest BCUT2D eigenvalue weighted by Gasteiger charge is -2.37. The zero-order chi connectivity index (χ0) is 18.7. The summed E-state index contributed by atoms with van der Waals surface area (Å²) >= 11 is 0. The lowest BCUT2D eigenvalue weighted by atomic mass is 9.84. The Hall–Kier alpha value is -0.980. The minimum Gasteiger partial charge on any atom is -0.454 e. The van der Waals surface area contributed by atoms with Crippen LogP contribution in [0.15, 0.2) is 30.3 Å². The summed E-state index contributed by atoms with van der Waals surface area (Å²) in [4.78, 5) is 23.3. The fourth-order valence-electron chi connectivity index (χ4n) is 3.06. The summed E-state index contributed by atoms with van der Waals surface area (Å²) in [6.45, 7) is 3.37. The molecule has 1 heterocycles. The topological polar surface area (TPSA) is 55.4 Å². The van der Waals surface area contributed by atoms with Crippen LogP contribution >= 0.6 is 21.6 Å². The third kappa shape index (κ3) is 7.33. The molecule has 4 nitrogen and oxygen atoms in total. The molecule has 2 rings (SSSR count). The maximum absolute atomic E-state index is 12.4. The normalized spacial score (nSPS) is 16.2. The molecule has 0 atom stereocenters. The predicted molar refractivity (Wildman–Crippen MR) is 110 cm³/mol. The van der Waals surface area contributed by atoms with Gasteiger partial charge in [0.25, 0.3) is 0 Å². The van der Waals surface area contributed by atoms with Gasteiger partial charge in [-0.1, -0.05) is 51.9 Å². The van der Waals surface area contributed by atoms with E-state index in [1.165, 1.54) is 0 Å². The van der Waals surface area contributed by atoms with Gasteiger partial charge < -0.3 is 14.8 Å². The molecule has 0 radical (unpaired) electrons. The van der Waals surface area contributed by atoms with E-state index < -0.39 is 5.60 Å². The summed E-state index contributed by atoms with van der Waals surface area (Å²) in [5.41, 5.74) is 0.628. The van der Waals surface area contributed by atoms with Crippen LogP contribution in [-0.2, 0) is 19.9 Å². The minimum absolute atomic E-state index is 0.0991. The zero-order valence-corrected chi connectivity index (χ0v) is 17.1. The van der Waals surface area contributed by atoms with Crippen molar-refractivity contribution in [2.45, 2.75) is 51.0 Å². The van der Waals surface area contributed by atoms with Gasteiger partial charge in [0.15, 0.2) is 0 Å². The third-order valence-electron chi connectivity index (χ3n) is 4.47. The molecule has 0 amide bonds. The first-order valence-corrected chi connectivity index (χ1v) is 11.8. The average Bonchev–Trinajstić information content (AvgIpc) is 2.65. The number of carbonyl (C=O) groups is 2. The van der Waals surface area contributed by atoms with Crippen LogP contribution in [0.4, 0.5) is 0 Å². The predicted octanol–water partition coefficient (Wildman–Crippen LogP) is 4.34. The summed E-state index contributed by atoms with van der Waals surface area (Å²) in [6, 6.07) is 10.1. The Bertz CT molecular complexity index is 559. The fourth-order valence-corrected chi connectivity index (χ4v) is 5.24. The van der Waals surface area contributed by atoms with Crippen molar-refractivity contribution in [2.75, 3.05) is 24.6 Å². The number of nitrogens with one attached hydrogen (secondary N) is 1. The number of Topliss-reactive ketones (excluding diaryl/α,β-unsaturated/α-hetero) is 1. The number of carbonyl (C=O) groups excluding carboxylic acids is 2. The number of hydrogen-bond acceptors (Lipinski definition) is 6. The first-order chi connectivity index (χ1) is 12.6. The highest BCUT2D eigenvalue weighted by Crippen LogP contribution is 2.35. The van der Waals surface area contributed by atoms with E-state index in [4.69, 9.17) is 4.74 Å². The van der Waals surface area contributed by atoms with E-state index in [1.54, 1.807) is 28.5 Å². The van der Waals surface area contributed by atoms with Crippen LogP contribution in [0.5, 0.6) is 0 Å². The van der Waals surface area contributed by atoms with Gasteiger partial charge in [0, 0.05) is 37.2 Å². The molecule has 1 aliphatic rings. The third-order valence-corrected chi connectivity index (χ3v) is 7.05. The smallest absolute Gasteiger partial charge is 0.306 e. The summed E-state index contributed by atoms with van der Waals surface area (Å²) in [5.74, 6) is 2.07. The largest absolute Gasteiger partial charge is 0.454 e. The van der Waals surface area contributed by atoms with Crippen LogP contribution in [0.3, 0.4) is 0 Å². The number of rotatable bonds is 11. The zero-order valence-electron chi connectivity index (χ0n) is 15.5. The van der Waals surface area contributed by atoms with Gasteiger partial charge in [-0.2, -0.15) is 0 Å². The van der Waals surface area contributed by atoms with E-state index in [-0.39, 0.29) is 11.8 Å².